The maximum Gasteiger partial charge on any atom is 0.269 e. The minimum atomic E-state index is -4.10. The van der Waals surface area contributed by atoms with Crippen LogP contribution in [0.25, 0.3) is 16.5 Å². The number of hydrogen-bond acceptors (Lipinski definition) is 5. The van der Waals surface area contributed by atoms with Crippen molar-refractivity contribution in [2.75, 3.05) is 6.54 Å². The fourth-order valence-electron chi connectivity index (χ4n) is 4.69. The van der Waals surface area contributed by atoms with E-state index in [0.717, 1.165) is 27.6 Å². The molecule has 4 aromatic carbocycles. The van der Waals surface area contributed by atoms with Crippen molar-refractivity contribution >= 4 is 38.3 Å². The van der Waals surface area contributed by atoms with Gasteiger partial charge in [0.2, 0.25) is 0 Å². The molecule has 7 nitrogen and oxygen atoms in total. The van der Waals surface area contributed by atoms with Crippen LogP contribution < -0.4 is 5.43 Å². The monoisotopic (exact) mass is 495 g/mol. The zero-order valence-electron chi connectivity index (χ0n) is 19.0. The third-order valence-electron chi connectivity index (χ3n) is 6.50. The van der Waals surface area contributed by atoms with Gasteiger partial charge < -0.3 is 0 Å². The van der Waals surface area contributed by atoms with Gasteiger partial charge >= 0.3 is 0 Å². The molecule has 2 amide bonds. The molecule has 0 bridgehead atoms. The molecule has 0 radical (unpaired) electrons. The molecule has 1 atom stereocenters. The number of nitrogens with zero attached hydrogens (tertiary/aromatic N) is 2. The summed E-state index contributed by atoms with van der Waals surface area (Å²) in [5.74, 6) is -1.24. The Morgan fingerprint density at radius 2 is 1.53 bits per heavy atom. The number of hydrogen-bond donors (Lipinski definition) is 1. The average Bonchev–Trinajstić information content (AvgIpc) is 3.44. The van der Waals surface area contributed by atoms with Crippen LogP contribution in [0, 0.1) is 0 Å². The van der Waals surface area contributed by atoms with E-state index in [2.05, 4.69) is 5.43 Å². The molecule has 0 unspecified atom stereocenters. The number of carbonyl (C=O) groups excluding carboxylic acids is 2. The van der Waals surface area contributed by atoms with E-state index in [1.165, 1.54) is 17.1 Å². The van der Waals surface area contributed by atoms with Crippen LogP contribution in [0.15, 0.2) is 108 Å². The number of fused-ring (bicyclic) bond motifs is 2. The second kappa shape index (κ2) is 8.35. The van der Waals surface area contributed by atoms with Gasteiger partial charge in [-0.2, -0.15) is 0 Å². The molecule has 0 aromatic heterocycles. The smallest absolute Gasteiger partial charge is 0.269 e. The lowest BCUT2D eigenvalue weighted by molar-refractivity contribution is -0.134. The van der Waals surface area contributed by atoms with E-state index in [-0.39, 0.29) is 10.5 Å². The van der Waals surface area contributed by atoms with Crippen LogP contribution in [0.2, 0.25) is 0 Å². The van der Waals surface area contributed by atoms with Crippen LogP contribution in [0.3, 0.4) is 0 Å². The maximum absolute atomic E-state index is 13.5. The summed E-state index contributed by atoms with van der Waals surface area (Å²) < 4.78 is 26.7. The van der Waals surface area contributed by atoms with Crippen LogP contribution in [-0.4, -0.2) is 36.1 Å². The number of hydrazine groups is 1. The number of nitrogens with one attached hydrogen (secondary N) is 1. The van der Waals surface area contributed by atoms with Crippen molar-refractivity contribution in [3.8, 4) is 0 Å². The molecule has 36 heavy (non-hydrogen) atoms. The molecule has 2 heterocycles. The number of rotatable bonds is 4. The van der Waals surface area contributed by atoms with Gasteiger partial charge in [0.25, 0.3) is 21.8 Å². The van der Waals surface area contributed by atoms with E-state index < -0.39 is 34.4 Å². The van der Waals surface area contributed by atoms with Crippen molar-refractivity contribution in [2.45, 2.75) is 10.9 Å². The summed E-state index contributed by atoms with van der Waals surface area (Å²) in [5.41, 5.74) is 5.72. The SMILES string of the molecule is O=C(CN1C(=O)c2ccccc2S1(=O)=O)N1NC(c2ccc3ccccc3c2)=C[C@@H]1c1ccccc1. The van der Waals surface area contributed by atoms with Gasteiger partial charge in [-0.15, -0.1) is 0 Å². The van der Waals surface area contributed by atoms with E-state index in [1.807, 2.05) is 78.9 Å². The summed E-state index contributed by atoms with van der Waals surface area (Å²) in [5, 5.41) is 3.56. The Balaban J connectivity index is 1.33. The third-order valence-corrected chi connectivity index (χ3v) is 8.29. The topological polar surface area (TPSA) is 86.8 Å². The van der Waals surface area contributed by atoms with Crippen LogP contribution >= 0.6 is 0 Å². The molecule has 1 N–H and O–H groups in total. The highest BCUT2D eigenvalue weighted by Crippen LogP contribution is 2.34. The molecule has 8 heteroatoms. The molecule has 2 aliphatic heterocycles. The van der Waals surface area contributed by atoms with E-state index in [9.17, 15) is 18.0 Å². The first-order valence-corrected chi connectivity index (χ1v) is 12.9. The van der Waals surface area contributed by atoms with Gasteiger partial charge in [0.15, 0.2) is 0 Å². The van der Waals surface area contributed by atoms with E-state index in [1.54, 1.807) is 12.1 Å². The van der Waals surface area contributed by atoms with Crippen LogP contribution in [0.5, 0.6) is 0 Å². The summed E-state index contributed by atoms with van der Waals surface area (Å²) >= 11 is 0. The first-order chi connectivity index (χ1) is 17.4. The first-order valence-electron chi connectivity index (χ1n) is 11.4. The average molecular weight is 496 g/mol. The molecule has 2 aliphatic rings. The van der Waals surface area contributed by atoms with Crippen molar-refractivity contribution in [3.05, 3.63) is 120 Å². The predicted molar refractivity (Wildman–Crippen MR) is 136 cm³/mol. The molecular weight excluding hydrogens is 474 g/mol. The number of sulfonamides is 1. The summed E-state index contributed by atoms with van der Waals surface area (Å²) in [6.45, 7) is -0.606. The van der Waals surface area contributed by atoms with Crippen molar-refractivity contribution in [1.29, 1.82) is 0 Å². The van der Waals surface area contributed by atoms with Gasteiger partial charge in [-0.1, -0.05) is 78.9 Å². The highest BCUT2D eigenvalue weighted by atomic mass is 32.2. The standard InChI is InChI=1S/C28H21N3O4S/c32-27(18-30-28(33)23-12-6-7-13-26(23)36(30,34)35)31-25(20-9-2-1-3-10-20)17-24(29-31)22-15-14-19-8-4-5-11-21(19)16-22/h1-17,25,29H,18H2/t25-/m1/s1. The Labute approximate surface area is 208 Å². The second-order valence-corrected chi connectivity index (χ2v) is 10.5. The highest BCUT2D eigenvalue weighted by Gasteiger charge is 2.43. The van der Waals surface area contributed by atoms with Crippen LogP contribution in [-0.2, 0) is 14.8 Å². The molecule has 0 spiro atoms. The lowest BCUT2D eigenvalue weighted by atomic mass is 10.0. The number of amides is 2. The van der Waals surface area contributed by atoms with Gasteiger partial charge in [0.05, 0.1) is 17.3 Å². The Kier molecular flexibility index (Phi) is 5.12. The molecule has 178 valence electrons. The van der Waals surface area contributed by atoms with Gasteiger partial charge in [0, 0.05) is 0 Å². The molecule has 0 saturated carbocycles. The van der Waals surface area contributed by atoms with Gasteiger partial charge in [-0.25, -0.2) is 17.7 Å². The third kappa shape index (κ3) is 3.54. The highest BCUT2D eigenvalue weighted by molar-refractivity contribution is 7.90. The minimum absolute atomic E-state index is 0.0771. The van der Waals surface area contributed by atoms with Gasteiger partial charge in [0.1, 0.15) is 11.4 Å². The van der Waals surface area contributed by atoms with E-state index in [4.69, 9.17) is 0 Å². The minimum Gasteiger partial charge on any atom is -0.295 e. The Hall–Kier alpha value is -4.43. The summed E-state index contributed by atoms with van der Waals surface area (Å²) in [4.78, 5) is 26.3. The molecule has 6 rings (SSSR count). The lowest BCUT2D eigenvalue weighted by Gasteiger charge is -2.27. The summed E-state index contributed by atoms with van der Waals surface area (Å²) in [6.07, 6.45) is 1.94. The fraction of sp³-hybridized carbons (Fsp3) is 0.0714. The maximum atomic E-state index is 13.5. The van der Waals surface area contributed by atoms with E-state index in [0.29, 0.717) is 4.31 Å². The normalized spacial score (nSPS) is 18.2. The van der Waals surface area contributed by atoms with Gasteiger partial charge in [-0.05, 0) is 46.2 Å². The van der Waals surface area contributed by atoms with E-state index >= 15 is 0 Å². The largest absolute Gasteiger partial charge is 0.295 e. The molecule has 4 aromatic rings. The zero-order chi connectivity index (χ0) is 24.9. The number of benzene rings is 4. The first kappa shape index (κ1) is 22.1. The predicted octanol–water partition coefficient (Wildman–Crippen LogP) is 4.11. The van der Waals surface area contributed by atoms with Crippen molar-refractivity contribution < 1.29 is 18.0 Å². The van der Waals surface area contributed by atoms with Crippen LogP contribution in [0.1, 0.15) is 27.5 Å². The number of carbonyl (C=O) groups is 2. The van der Waals surface area contributed by atoms with Gasteiger partial charge in [-0.3, -0.25) is 15.0 Å². The molecule has 0 saturated heterocycles. The Morgan fingerprint density at radius 3 is 2.31 bits per heavy atom. The van der Waals surface area contributed by atoms with Crippen LogP contribution in [0.4, 0.5) is 0 Å². The second-order valence-electron chi connectivity index (χ2n) is 8.69. The summed E-state index contributed by atoms with van der Waals surface area (Å²) in [7, 11) is -4.10. The van der Waals surface area contributed by atoms with Crippen molar-refractivity contribution in [2.24, 2.45) is 0 Å². The Morgan fingerprint density at radius 1 is 0.833 bits per heavy atom. The van der Waals surface area contributed by atoms with Crippen molar-refractivity contribution in [1.82, 2.24) is 14.7 Å². The van der Waals surface area contributed by atoms with Crippen molar-refractivity contribution in [3.63, 3.8) is 0 Å². The summed E-state index contributed by atoms with van der Waals surface area (Å²) in [6, 6.07) is 29.0. The molecule has 0 aliphatic carbocycles. The fourth-order valence-corrected chi connectivity index (χ4v) is 6.20. The zero-order valence-corrected chi connectivity index (χ0v) is 19.9. The molecular formula is C28H21N3O4S. The quantitative estimate of drug-likeness (QED) is 0.460. The Bertz CT molecular complexity index is 1660. The lowest BCUT2D eigenvalue weighted by Crippen LogP contribution is -2.46. The molecule has 0 fully saturated rings.